The third-order valence-electron chi connectivity index (χ3n) is 2.75. The van der Waals surface area contributed by atoms with Crippen molar-refractivity contribution < 1.29 is 23.1 Å². The van der Waals surface area contributed by atoms with Gasteiger partial charge in [0.1, 0.15) is 6.04 Å². The van der Waals surface area contributed by atoms with Gasteiger partial charge in [0.2, 0.25) is 0 Å². The van der Waals surface area contributed by atoms with Crippen LogP contribution in [0, 0.1) is 0 Å². The van der Waals surface area contributed by atoms with Crippen molar-refractivity contribution in [2.45, 2.75) is 25.9 Å². The van der Waals surface area contributed by atoms with Crippen LogP contribution < -0.4 is 0 Å². The van der Waals surface area contributed by atoms with E-state index in [1.54, 1.807) is 13.8 Å². The lowest BCUT2D eigenvalue weighted by molar-refractivity contribution is -0.146. The third kappa shape index (κ3) is 2.95. The summed E-state index contributed by atoms with van der Waals surface area (Å²) in [5.41, 5.74) is 0. The van der Waals surface area contributed by atoms with Crippen LogP contribution in [0.15, 0.2) is 0 Å². The quantitative estimate of drug-likeness (QED) is 0.731. The summed E-state index contributed by atoms with van der Waals surface area (Å²) in [6, 6.07) is -1.37. The Morgan fingerprint density at radius 2 is 2.12 bits per heavy atom. The van der Waals surface area contributed by atoms with Crippen LogP contribution in [0.4, 0.5) is 0 Å². The first kappa shape index (κ1) is 14.4. The molecular weight excluding hydrogens is 248 g/mol. The van der Waals surface area contributed by atoms with Gasteiger partial charge in [-0.2, -0.15) is 17.0 Å². The Morgan fingerprint density at radius 3 is 2.59 bits per heavy atom. The van der Waals surface area contributed by atoms with Crippen LogP contribution in [0.25, 0.3) is 0 Å². The fourth-order valence-corrected chi connectivity index (χ4v) is 3.13. The molecule has 0 radical (unpaired) electrons. The number of aliphatic carboxylic acids is 1. The second kappa shape index (κ2) is 5.30. The van der Waals surface area contributed by atoms with Gasteiger partial charge in [-0.3, -0.25) is 4.79 Å². The van der Waals surface area contributed by atoms with E-state index in [0.717, 1.165) is 8.61 Å². The molecule has 0 spiro atoms. The van der Waals surface area contributed by atoms with Gasteiger partial charge in [-0.25, -0.2) is 0 Å². The fraction of sp³-hybridized carbons (Fsp3) is 0.889. The smallest absolute Gasteiger partial charge is 0.324 e. The first-order valence-corrected chi connectivity index (χ1v) is 6.73. The van der Waals surface area contributed by atoms with E-state index in [1.165, 1.54) is 7.05 Å². The van der Waals surface area contributed by atoms with Crippen LogP contribution >= 0.6 is 0 Å². The van der Waals surface area contributed by atoms with Gasteiger partial charge in [0.25, 0.3) is 10.2 Å². The molecule has 0 saturated carbocycles. The molecule has 1 atom stereocenters. The molecule has 7 nitrogen and oxygen atoms in total. The molecule has 0 aromatic rings. The van der Waals surface area contributed by atoms with Crippen LogP contribution in [0.1, 0.15) is 13.8 Å². The summed E-state index contributed by atoms with van der Waals surface area (Å²) >= 11 is 0. The number of hydrogen-bond donors (Lipinski definition) is 1. The molecular formula is C9H18N2O5S. The van der Waals surface area contributed by atoms with Gasteiger partial charge in [-0.1, -0.05) is 0 Å². The van der Waals surface area contributed by atoms with Crippen molar-refractivity contribution in [3.8, 4) is 0 Å². The predicted molar refractivity (Wildman–Crippen MR) is 60.8 cm³/mol. The lowest BCUT2D eigenvalue weighted by atomic mass is 10.3. The summed E-state index contributed by atoms with van der Waals surface area (Å²) in [5.74, 6) is -1.19. The number of carboxylic acids is 1. The maximum atomic E-state index is 12.2. The van der Waals surface area contributed by atoms with E-state index in [2.05, 4.69) is 0 Å². The molecule has 1 N–H and O–H groups in total. The molecule has 1 rings (SSSR count). The molecule has 100 valence electrons. The number of nitrogens with zero attached hydrogens (tertiary/aromatic N) is 2. The number of carboxylic acid groups (broad SMARTS) is 1. The number of rotatable bonds is 4. The standard InChI is InChI=1S/C9H18N2O5S/c1-7(2)10(3)17(14,15)11-4-5-16-6-8(11)9(12)13/h7-8H,4-6H2,1-3H3,(H,12,13). The van der Waals surface area contributed by atoms with Gasteiger partial charge in [0.15, 0.2) is 0 Å². The Bertz CT molecular complexity index is 381. The van der Waals surface area contributed by atoms with E-state index in [1.807, 2.05) is 0 Å². The summed E-state index contributed by atoms with van der Waals surface area (Å²) in [4.78, 5) is 11.0. The summed E-state index contributed by atoms with van der Waals surface area (Å²) in [6.07, 6.45) is 0. The Kier molecular flexibility index (Phi) is 4.48. The summed E-state index contributed by atoms with van der Waals surface area (Å²) in [7, 11) is -2.31. The average molecular weight is 266 g/mol. The van der Waals surface area contributed by atoms with E-state index in [0.29, 0.717) is 0 Å². The van der Waals surface area contributed by atoms with Crippen molar-refractivity contribution in [2.75, 3.05) is 26.8 Å². The number of ether oxygens (including phenoxy) is 1. The third-order valence-corrected chi connectivity index (χ3v) is 4.93. The molecule has 1 aliphatic heterocycles. The monoisotopic (exact) mass is 266 g/mol. The molecule has 0 aliphatic carbocycles. The molecule has 0 aromatic carbocycles. The predicted octanol–water partition coefficient (Wildman–Crippen LogP) is -0.643. The van der Waals surface area contributed by atoms with Crippen LogP contribution in [0.3, 0.4) is 0 Å². The molecule has 17 heavy (non-hydrogen) atoms. The van der Waals surface area contributed by atoms with Crippen molar-refractivity contribution in [3.63, 3.8) is 0 Å². The summed E-state index contributed by atoms with van der Waals surface area (Å²) < 4.78 is 31.5. The van der Waals surface area contributed by atoms with E-state index >= 15 is 0 Å². The van der Waals surface area contributed by atoms with Crippen molar-refractivity contribution in [3.05, 3.63) is 0 Å². The maximum absolute atomic E-state index is 12.2. The highest BCUT2D eigenvalue weighted by atomic mass is 32.2. The summed E-state index contributed by atoms with van der Waals surface area (Å²) in [6.45, 7) is 3.63. The van der Waals surface area contributed by atoms with Crippen molar-refractivity contribution in [2.24, 2.45) is 0 Å². The average Bonchev–Trinajstić information content (AvgIpc) is 2.27. The van der Waals surface area contributed by atoms with Gasteiger partial charge in [0, 0.05) is 19.6 Å². The fourth-order valence-electron chi connectivity index (χ4n) is 1.49. The highest BCUT2D eigenvalue weighted by Crippen LogP contribution is 2.17. The van der Waals surface area contributed by atoms with Crippen molar-refractivity contribution in [1.29, 1.82) is 0 Å². The Hall–Kier alpha value is -0.700. The zero-order chi connectivity index (χ0) is 13.2. The molecule has 0 bridgehead atoms. The largest absolute Gasteiger partial charge is 0.480 e. The maximum Gasteiger partial charge on any atom is 0.324 e. The van der Waals surface area contributed by atoms with Crippen LogP contribution in [-0.2, 0) is 19.7 Å². The van der Waals surface area contributed by atoms with E-state index in [9.17, 15) is 13.2 Å². The minimum Gasteiger partial charge on any atom is -0.480 e. The van der Waals surface area contributed by atoms with Gasteiger partial charge >= 0.3 is 5.97 Å². The number of morpholine rings is 1. The Labute approximate surface area is 101 Å². The lowest BCUT2D eigenvalue weighted by Gasteiger charge is -2.35. The SMILES string of the molecule is CC(C)N(C)S(=O)(=O)N1CCOCC1C(=O)O. The van der Waals surface area contributed by atoms with E-state index < -0.39 is 22.2 Å². The van der Waals surface area contributed by atoms with Crippen molar-refractivity contribution >= 4 is 16.2 Å². The number of carbonyl (C=O) groups is 1. The van der Waals surface area contributed by atoms with E-state index in [-0.39, 0.29) is 25.8 Å². The lowest BCUT2D eigenvalue weighted by Crippen LogP contribution is -2.56. The topological polar surface area (TPSA) is 87.2 Å². The Morgan fingerprint density at radius 1 is 1.53 bits per heavy atom. The van der Waals surface area contributed by atoms with Crippen LogP contribution in [0.2, 0.25) is 0 Å². The number of hydrogen-bond acceptors (Lipinski definition) is 4. The molecule has 1 fully saturated rings. The van der Waals surface area contributed by atoms with Crippen LogP contribution in [0.5, 0.6) is 0 Å². The van der Waals surface area contributed by atoms with Crippen LogP contribution in [-0.4, -0.2) is 67.0 Å². The van der Waals surface area contributed by atoms with Gasteiger partial charge in [0.05, 0.1) is 13.2 Å². The van der Waals surface area contributed by atoms with Gasteiger partial charge < -0.3 is 9.84 Å². The first-order valence-electron chi connectivity index (χ1n) is 5.34. The molecule has 0 aromatic heterocycles. The Balaban J connectivity index is 2.99. The second-order valence-corrected chi connectivity index (χ2v) is 6.10. The van der Waals surface area contributed by atoms with Gasteiger partial charge in [-0.05, 0) is 13.8 Å². The normalized spacial score (nSPS) is 23.2. The van der Waals surface area contributed by atoms with E-state index in [4.69, 9.17) is 9.84 Å². The molecule has 0 amide bonds. The highest BCUT2D eigenvalue weighted by Gasteiger charge is 2.40. The first-order chi connectivity index (χ1) is 7.78. The summed E-state index contributed by atoms with van der Waals surface area (Å²) in [5, 5.41) is 8.99. The molecule has 8 heteroatoms. The highest BCUT2D eigenvalue weighted by molar-refractivity contribution is 7.86. The van der Waals surface area contributed by atoms with Crippen molar-refractivity contribution in [1.82, 2.24) is 8.61 Å². The second-order valence-electron chi connectivity index (χ2n) is 4.16. The van der Waals surface area contributed by atoms with Gasteiger partial charge in [-0.15, -0.1) is 0 Å². The minimum atomic E-state index is -3.75. The molecule has 1 saturated heterocycles. The molecule has 1 unspecified atom stereocenters. The molecule has 1 heterocycles. The minimum absolute atomic E-state index is 0.0658. The zero-order valence-electron chi connectivity index (χ0n) is 10.2. The zero-order valence-corrected chi connectivity index (χ0v) is 11.0. The molecule has 1 aliphatic rings.